The van der Waals surface area contributed by atoms with E-state index in [2.05, 4.69) is 37.4 Å². The predicted molar refractivity (Wildman–Crippen MR) is 76.0 cm³/mol. The van der Waals surface area contributed by atoms with Gasteiger partial charge in [0, 0.05) is 18.2 Å². The third-order valence-electron chi connectivity index (χ3n) is 4.18. The van der Waals surface area contributed by atoms with E-state index < -0.39 is 0 Å². The lowest BCUT2D eigenvalue weighted by molar-refractivity contribution is 0.329. The van der Waals surface area contributed by atoms with E-state index in [9.17, 15) is 0 Å². The number of benzene rings is 1. The van der Waals surface area contributed by atoms with Crippen molar-refractivity contribution in [3.8, 4) is 5.75 Å². The van der Waals surface area contributed by atoms with Crippen molar-refractivity contribution in [1.82, 2.24) is 5.32 Å². The van der Waals surface area contributed by atoms with Gasteiger partial charge in [-0.05, 0) is 44.6 Å². The van der Waals surface area contributed by atoms with E-state index in [1.165, 1.54) is 24.8 Å². The summed E-state index contributed by atoms with van der Waals surface area (Å²) in [7, 11) is 0. The van der Waals surface area contributed by atoms with Gasteiger partial charge in [0.2, 0.25) is 0 Å². The molecule has 0 bridgehead atoms. The zero-order valence-electron chi connectivity index (χ0n) is 11.8. The van der Waals surface area contributed by atoms with E-state index in [1.54, 1.807) is 0 Å². The van der Waals surface area contributed by atoms with Crippen molar-refractivity contribution in [2.75, 3.05) is 13.2 Å². The van der Waals surface area contributed by atoms with E-state index in [0.29, 0.717) is 11.5 Å². The molecule has 1 N–H and O–H groups in total. The van der Waals surface area contributed by atoms with Crippen LogP contribution in [0.15, 0.2) is 24.3 Å². The second-order valence-corrected chi connectivity index (χ2v) is 5.43. The molecule has 100 valence electrons. The van der Waals surface area contributed by atoms with Crippen LogP contribution in [0, 0.1) is 5.41 Å². The molecule has 0 spiro atoms. The van der Waals surface area contributed by atoms with Gasteiger partial charge in [-0.2, -0.15) is 0 Å². The number of rotatable bonds is 7. The second-order valence-electron chi connectivity index (χ2n) is 5.43. The Hall–Kier alpha value is -1.02. The summed E-state index contributed by atoms with van der Waals surface area (Å²) in [5.41, 5.74) is 1.86. The number of para-hydroxylation sites is 1. The van der Waals surface area contributed by atoms with Crippen LogP contribution in [-0.4, -0.2) is 13.2 Å². The van der Waals surface area contributed by atoms with Crippen LogP contribution >= 0.6 is 0 Å². The van der Waals surface area contributed by atoms with Gasteiger partial charge in [-0.3, -0.25) is 0 Å². The smallest absolute Gasteiger partial charge is 0.124 e. The summed E-state index contributed by atoms with van der Waals surface area (Å²) < 4.78 is 5.69. The minimum atomic E-state index is 0.358. The molecule has 1 atom stereocenters. The van der Waals surface area contributed by atoms with E-state index >= 15 is 0 Å². The highest BCUT2D eigenvalue weighted by atomic mass is 16.5. The summed E-state index contributed by atoms with van der Waals surface area (Å²) in [6.45, 7) is 8.41. The molecule has 1 aliphatic rings. The summed E-state index contributed by atoms with van der Waals surface area (Å²) in [5, 5.41) is 3.67. The van der Waals surface area contributed by atoms with Crippen LogP contribution in [0.3, 0.4) is 0 Å². The fourth-order valence-corrected chi connectivity index (χ4v) is 2.44. The van der Waals surface area contributed by atoms with Crippen LogP contribution in [0.5, 0.6) is 5.75 Å². The average molecular weight is 247 g/mol. The van der Waals surface area contributed by atoms with Gasteiger partial charge in [-0.25, -0.2) is 0 Å². The van der Waals surface area contributed by atoms with Crippen LogP contribution < -0.4 is 10.1 Å². The van der Waals surface area contributed by atoms with Gasteiger partial charge in [0.05, 0.1) is 6.61 Å². The van der Waals surface area contributed by atoms with Gasteiger partial charge in [0.15, 0.2) is 0 Å². The number of ether oxygens (including phenoxy) is 1. The Morgan fingerprint density at radius 2 is 2.00 bits per heavy atom. The first-order chi connectivity index (χ1) is 8.71. The van der Waals surface area contributed by atoms with Gasteiger partial charge in [0.25, 0.3) is 0 Å². The predicted octanol–water partition coefficient (Wildman–Crippen LogP) is 3.93. The van der Waals surface area contributed by atoms with Gasteiger partial charge in [-0.15, -0.1) is 0 Å². The molecule has 1 aromatic carbocycles. The molecule has 0 saturated heterocycles. The van der Waals surface area contributed by atoms with Crippen molar-refractivity contribution in [2.45, 2.75) is 46.1 Å². The molecule has 1 saturated carbocycles. The highest BCUT2D eigenvalue weighted by Crippen LogP contribution is 2.48. The lowest BCUT2D eigenvalue weighted by atomic mass is 10.0. The summed E-state index contributed by atoms with van der Waals surface area (Å²) in [6.07, 6.45) is 4.06. The van der Waals surface area contributed by atoms with Crippen LogP contribution in [0.2, 0.25) is 0 Å². The first-order valence-corrected chi connectivity index (χ1v) is 7.16. The maximum absolute atomic E-state index is 5.69. The topological polar surface area (TPSA) is 21.3 Å². The van der Waals surface area contributed by atoms with Gasteiger partial charge in [0.1, 0.15) is 5.75 Å². The first kappa shape index (κ1) is 13.4. The number of nitrogens with one attached hydrogen (secondary N) is 1. The Bertz CT molecular complexity index is 384. The summed E-state index contributed by atoms with van der Waals surface area (Å²) in [6, 6.07) is 8.70. The van der Waals surface area contributed by atoms with Gasteiger partial charge < -0.3 is 10.1 Å². The van der Waals surface area contributed by atoms with Crippen molar-refractivity contribution in [1.29, 1.82) is 0 Å². The van der Waals surface area contributed by atoms with Crippen LogP contribution in [-0.2, 0) is 0 Å². The highest BCUT2D eigenvalue weighted by molar-refractivity contribution is 5.35. The van der Waals surface area contributed by atoms with Crippen LogP contribution in [0.1, 0.15) is 51.6 Å². The fraction of sp³-hybridized carbons (Fsp3) is 0.625. The fourth-order valence-electron chi connectivity index (χ4n) is 2.44. The van der Waals surface area contributed by atoms with Crippen molar-refractivity contribution >= 4 is 0 Å². The SMILES string of the molecule is CCOc1ccccc1C(C)NCC1(CC)CC1. The normalized spacial score (nSPS) is 18.4. The second kappa shape index (κ2) is 5.75. The third kappa shape index (κ3) is 3.05. The molecule has 0 aliphatic heterocycles. The molecular formula is C16H25NO. The van der Waals surface area contributed by atoms with Crippen LogP contribution in [0.4, 0.5) is 0 Å². The van der Waals surface area contributed by atoms with Crippen molar-refractivity contribution < 1.29 is 4.74 Å². The van der Waals surface area contributed by atoms with Crippen molar-refractivity contribution in [3.05, 3.63) is 29.8 Å². The Balaban J connectivity index is 1.97. The van der Waals surface area contributed by atoms with E-state index in [4.69, 9.17) is 4.74 Å². The minimum Gasteiger partial charge on any atom is -0.494 e. The van der Waals surface area contributed by atoms with E-state index in [-0.39, 0.29) is 0 Å². The molecule has 0 radical (unpaired) electrons. The summed E-state index contributed by atoms with van der Waals surface area (Å²) >= 11 is 0. The largest absolute Gasteiger partial charge is 0.494 e. The van der Waals surface area contributed by atoms with Gasteiger partial charge in [-0.1, -0.05) is 25.1 Å². The summed E-state index contributed by atoms with van der Waals surface area (Å²) in [5.74, 6) is 1.02. The monoisotopic (exact) mass is 247 g/mol. The van der Waals surface area contributed by atoms with E-state index in [0.717, 1.165) is 18.9 Å². The quantitative estimate of drug-likeness (QED) is 0.788. The molecule has 0 heterocycles. The molecule has 0 amide bonds. The molecule has 2 heteroatoms. The molecule has 1 unspecified atom stereocenters. The maximum atomic E-state index is 5.69. The molecule has 2 nitrogen and oxygen atoms in total. The third-order valence-corrected chi connectivity index (χ3v) is 4.18. The molecular weight excluding hydrogens is 222 g/mol. The van der Waals surface area contributed by atoms with Crippen LogP contribution in [0.25, 0.3) is 0 Å². The van der Waals surface area contributed by atoms with Crippen molar-refractivity contribution in [2.24, 2.45) is 5.41 Å². The highest BCUT2D eigenvalue weighted by Gasteiger charge is 2.40. The number of hydrogen-bond donors (Lipinski definition) is 1. The lowest BCUT2D eigenvalue weighted by Gasteiger charge is -2.21. The standard InChI is InChI=1S/C16H25NO/c1-4-16(10-11-16)12-17-13(3)14-8-6-7-9-15(14)18-5-2/h6-9,13,17H,4-5,10-12H2,1-3H3. The molecule has 2 rings (SSSR count). The molecule has 1 aromatic rings. The lowest BCUT2D eigenvalue weighted by Crippen LogP contribution is -2.26. The molecule has 1 fully saturated rings. The Labute approximate surface area is 111 Å². The Morgan fingerprint density at radius 1 is 1.28 bits per heavy atom. The molecule has 0 aromatic heterocycles. The van der Waals surface area contributed by atoms with E-state index in [1.807, 2.05) is 13.0 Å². The molecule has 18 heavy (non-hydrogen) atoms. The average Bonchev–Trinajstić information content (AvgIpc) is 3.18. The summed E-state index contributed by atoms with van der Waals surface area (Å²) in [4.78, 5) is 0. The maximum Gasteiger partial charge on any atom is 0.124 e. The Morgan fingerprint density at radius 3 is 2.61 bits per heavy atom. The van der Waals surface area contributed by atoms with Gasteiger partial charge >= 0.3 is 0 Å². The minimum absolute atomic E-state index is 0.358. The zero-order valence-corrected chi connectivity index (χ0v) is 11.8. The van der Waals surface area contributed by atoms with Crippen molar-refractivity contribution in [3.63, 3.8) is 0 Å². The first-order valence-electron chi connectivity index (χ1n) is 7.16. The zero-order chi connectivity index (χ0) is 13.0. The Kier molecular flexibility index (Phi) is 4.28. The number of hydrogen-bond acceptors (Lipinski definition) is 2. The molecule has 1 aliphatic carbocycles.